The van der Waals surface area contributed by atoms with Gasteiger partial charge in [0.1, 0.15) is 6.04 Å². The first-order chi connectivity index (χ1) is 10.8. The summed E-state index contributed by atoms with van der Waals surface area (Å²) in [7, 11) is -3.28. The number of hydrogen-bond acceptors (Lipinski definition) is 7. The van der Waals surface area contributed by atoms with Gasteiger partial charge in [-0.05, 0) is 25.7 Å². The van der Waals surface area contributed by atoms with Gasteiger partial charge in [-0.1, -0.05) is 12.2 Å². The van der Waals surface area contributed by atoms with E-state index in [1.807, 2.05) is 0 Å². The summed E-state index contributed by atoms with van der Waals surface area (Å²) in [5.41, 5.74) is 0.746. The number of carbonyl (C=O) groups excluding carboxylic acids is 1. The summed E-state index contributed by atoms with van der Waals surface area (Å²) in [4.78, 5) is 22.3. The van der Waals surface area contributed by atoms with Crippen LogP contribution >= 0.6 is 0 Å². The van der Waals surface area contributed by atoms with E-state index in [9.17, 15) is 18.0 Å². The predicted octanol–water partition coefficient (Wildman–Crippen LogP) is 0.108. The van der Waals surface area contributed by atoms with Crippen molar-refractivity contribution in [1.82, 2.24) is 5.32 Å². The average molecular weight is 349 g/mol. The molecule has 0 radical (unpaired) electrons. The van der Waals surface area contributed by atoms with Gasteiger partial charge in [0.2, 0.25) is 0 Å². The van der Waals surface area contributed by atoms with Gasteiger partial charge in [-0.2, -0.15) is 8.42 Å². The van der Waals surface area contributed by atoms with Crippen LogP contribution in [0.3, 0.4) is 0 Å². The first kappa shape index (κ1) is 19.6. The van der Waals surface area contributed by atoms with Crippen LogP contribution in [0.25, 0.3) is 0 Å². The van der Waals surface area contributed by atoms with E-state index >= 15 is 0 Å². The molecule has 23 heavy (non-hydrogen) atoms. The third kappa shape index (κ3) is 6.67. The Morgan fingerprint density at radius 3 is 2.35 bits per heavy atom. The smallest absolute Gasteiger partial charge is 0.339 e. The fraction of sp³-hybridized carbons (Fsp3) is 0.714. The summed E-state index contributed by atoms with van der Waals surface area (Å²) in [5.74, 6) is -2.77. The zero-order valence-electron chi connectivity index (χ0n) is 13.0. The summed E-state index contributed by atoms with van der Waals surface area (Å²) < 4.78 is 29.7. The molecule has 2 saturated heterocycles. The van der Waals surface area contributed by atoms with Crippen molar-refractivity contribution in [2.75, 3.05) is 19.8 Å². The molecule has 0 spiro atoms. The SMILES string of the molecule is C1CCOC1.C=C(C)[C@H]1CN[C@H](C(=O)O[SH](=O)=O)[C@H]1CC(=O)O. The number of carbonyl (C=O) groups is 2. The molecule has 0 unspecified atom stereocenters. The normalized spacial score (nSPS) is 26.4. The monoisotopic (exact) mass is 349 g/mol. The lowest BCUT2D eigenvalue weighted by molar-refractivity contribution is -0.140. The van der Waals surface area contributed by atoms with Gasteiger partial charge in [-0.15, -0.1) is 0 Å². The van der Waals surface area contributed by atoms with Gasteiger partial charge < -0.3 is 19.3 Å². The van der Waals surface area contributed by atoms with Crippen molar-refractivity contribution in [2.24, 2.45) is 11.8 Å². The number of carboxylic acids is 1. The Bertz CT molecular complexity index is 498. The van der Waals surface area contributed by atoms with Crippen molar-refractivity contribution < 1.29 is 32.0 Å². The van der Waals surface area contributed by atoms with E-state index in [2.05, 4.69) is 16.1 Å². The topological polar surface area (TPSA) is 119 Å². The van der Waals surface area contributed by atoms with E-state index in [1.54, 1.807) is 6.92 Å². The minimum Gasteiger partial charge on any atom is -0.481 e. The molecule has 2 aliphatic heterocycles. The molecule has 0 aromatic carbocycles. The molecule has 132 valence electrons. The Morgan fingerprint density at radius 1 is 1.35 bits per heavy atom. The van der Waals surface area contributed by atoms with Crippen LogP contribution in [0.1, 0.15) is 26.2 Å². The van der Waals surface area contributed by atoms with Gasteiger partial charge >= 0.3 is 22.9 Å². The third-order valence-corrected chi connectivity index (χ3v) is 4.12. The van der Waals surface area contributed by atoms with Crippen LogP contribution in [-0.2, 0) is 29.5 Å². The molecule has 9 heteroatoms. The van der Waals surface area contributed by atoms with E-state index in [0.29, 0.717) is 6.54 Å². The average Bonchev–Trinajstić information content (AvgIpc) is 3.09. The summed E-state index contributed by atoms with van der Waals surface area (Å²) in [5, 5.41) is 11.6. The fourth-order valence-electron chi connectivity index (χ4n) is 2.69. The summed E-state index contributed by atoms with van der Waals surface area (Å²) in [6, 6.07) is -0.935. The van der Waals surface area contributed by atoms with Gasteiger partial charge in [0.05, 0.1) is 6.42 Å². The van der Waals surface area contributed by atoms with Crippen LogP contribution in [0.2, 0.25) is 0 Å². The lowest BCUT2D eigenvalue weighted by Gasteiger charge is -2.20. The zero-order valence-corrected chi connectivity index (χ0v) is 13.9. The molecule has 0 amide bonds. The molecule has 0 aromatic heterocycles. The molecule has 0 saturated carbocycles. The molecule has 2 N–H and O–H groups in total. The van der Waals surface area contributed by atoms with Gasteiger partial charge in [-0.3, -0.25) is 4.79 Å². The maximum absolute atomic E-state index is 11.5. The molecule has 0 aliphatic carbocycles. The summed E-state index contributed by atoms with van der Waals surface area (Å²) in [6.45, 7) is 7.86. The second-order valence-corrected chi connectivity index (χ2v) is 6.18. The zero-order chi connectivity index (χ0) is 17.4. The van der Waals surface area contributed by atoms with Crippen LogP contribution in [0, 0.1) is 11.8 Å². The molecule has 2 fully saturated rings. The van der Waals surface area contributed by atoms with Crippen molar-refractivity contribution in [2.45, 2.75) is 32.2 Å². The van der Waals surface area contributed by atoms with Crippen LogP contribution in [0.4, 0.5) is 0 Å². The van der Waals surface area contributed by atoms with Crippen LogP contribution in [-0.4, -0.2) is 51.3 Å². The number of aliphatic carboxylic acids is 1. The summed E-state index contributed by atoms with van der Waals surface area (Å²) >= 11 is 0. The minimum absolute atomic E-state index is 0.191. The lowest BCUT2D eigenvalue weighted by atomic mass is 9.84. The molecular formula is C14H23NO7S. The fourth-order valence-corrected chi connectivity index (χ4v) is 2.95. The number of ether oxygens (including phenoxy) is 1. The molecule has 8 nitrogen and oxygen atoms in total. The first-order valence-electron chi connectivity index (χ1n) is 7.37. The Hall–Kier alpha value is -1.45. The number of hydrogen-bond donors (Lipinski definition) is 3. The number of thiol groups is 1. The third-order valence-electron chi connectivity index (χ3n) is 3.79. The van der Waals surface area contributed by atoms with Crippen molar-refractivity contribution in [3.05, 3.63) is 12.2 Å². The quantitative estimate of drug-likeness (QED) is 0.473. The van der Waals surface area contributed by atoms with Gasteiger partial charge in [-0.25, -0.2) is 4.79 Å². The number of carboxylic acid groups (broad SMARTS) is 1. The molecule has 2 aliphatic rings. The van der Waals surface area contributed by atoms with Crippen molar-refractivity contribution in [3.63, 3.8) is 0 Å². The Balaban J connectivity index is 0.000000446. The van der Waals surface area contributed by atoms with Crippen LogP contribution < -0.4 is 5.32 Å². The molecule has 0 aromatic rings. The predicted molar refractivity (Wildman–Crippen MR) is 82.3 cm³/mol. The molecule has 2 rings (SSSR count). The van der Waals surface area contributed by atoms with E-state index in [-0.39, 0.29) is 12.3 Å². The molecular weight excluding hydrogens is 326 g/mol. The Labute approximate surface area is 137 Å². The summed E-state index contributed by atoms with van der Waals surface area (Å²) in [6.07, 6.45) is 2.31. The number of nitrogens with one attached hydrogen (secondary N) is 1. The van der Waals surface area contributed by atoms with Gasteiger partial charge in [0, 0.05) is 25.7 Å². The first-order valence-corrected chi connectivity index (χ1v) is 8.47. The van der Waals surface area contributed by atoms with Crippen LogP contribution in [0.5, 0.6) is 0 Å². The Morgan fingerprint density at radius 2 is 1.96 bits per heavy atom. The minimum atomic E-state index is -3.28. The standard InChI is InChI=1S/C10H15NO6S.C4H8O/c1-5(2)7-4-11-9(6(7)3-8(12)13)10(14)17-18(15)16;1-2-4-5-3-1/h6-7,9,11,18H,1,3-4H2,2H3,(H,12,13);1-4H2/t6-,7+,9-;/m0./s1. The van der Waals surface area contributed by atoms with Crippen molar-refractivity contribution in [1.29, 1.82) is 0 Å². The molecule has 3 atom stereocenters. The highest BCUT2D eigenvalue weighted by molar-refractivity contribution is 7.67. The van der Waals surface area contributed by atoms with Crippen molar-refractivity contribution >= 4 is 22.9 Å². The highest BCUT2D eigenvalue weighted by Crippen LogP contribution is 2.31. The maximum Gasteiger partial charge on any atom is 0.339 e. The Kier molecular flexibility index (Phi) is 8.21. The van der Waals surface area contributed by atoms with E-state index in [4.69, 9.17) is 9.84 Å². The largest absolute Gasteiger partial charge is 0.481 e. The van der Waals surface area contributed by atoms with Crippen molar-refractivity contribution in [3.8, 4) is 0 Å². The second kappa shape index (κ2) is 9.64. The second-order valence-electron chi connectivity index (χ2n) is 5.55. The highest BCUT2D eigenvalue weighted by Gasteiger charge is 2.42. The molecule has 0 bridgehead atoms. The highest BCUT2D eigenvalue weighted by atomic mass is 32.2. The lowest BCUT2D eigenvalue weighted by Crippen LogP contribution is -2.38. The van der Waals surface area contributed by atoms with Gasteiger partial charge in [0.15, 0.2) is 0 Å². The van der Waals surface area contributed by atoms with Gasteiger partial charge in [0.25, 0.3) is 0 Å². The van der Waals surface area contributed by atoms with E-state index in [0.717, 1.165) is 18.8 Å². The van der Waals surface area contributed by atoms with E-state index < -0.39 is 34.9 Å². The maximum atomic E-state index is 11.5. The van der Waals surface area contributed by atoms with Crippen LogP contribution in [0.15, 0.2) is 12.2 Å². The van der Waals surface area contributed by atoms with E-state index in [1.165, 1.54) is 12.8 Å². The number of rotatable bonds is 5. The molecule has 2 heterocycles.